The molecule has 0 aromatic carbocycles. The molecule has 8 heteroatoms. The standard InChI is InChI=1S/C14H20N4O3S/c19-13(16-11-5-9-22(20,21)10-11)12-4-6-15-14(17-12)18-7-2-1-3-8-18/h4,6,11H,1-3,5,7-10H2,(H,16,19). The topological polar surface area (TPSA) is 92.3 Å². The number of nitrogens with zero attached hydrogens (tertiary/aromatic N) is 3. The molecule has 0 aliphatic carbocycles. The number of hydrogen-bond acceptors (Lipinski definition) is 6. The summed E-state index contributed by atoms with van der Waals surface area (Å²) in [6, 6.07) is 1.25. The predicted molar refractivity (Wildman–Crippen MR) is 82.6 cm³/mol. The van der Waals surface area contributed by atoms with Gasteiger partial charge in [0, 0.05) is 25.3 Å². The van der Waals surface area contributed by atoms with Gasteiger partial charge in [0.2, 0.25) is 5.95 Å². The fourth-order valence-electron chi connectivity index (χ4n) is 2.89. The number of rotatable bonds is 3. The second-order valence-corrected chi connectivity index (χ2v) is 8.09. The van der Waals surface area contributed by atoms with Gasteiger partial charge in [0.1, 0.15) is 5.69 Å². The van der Waals surface area contributed by atoms with Gasteiger partial charge >= 0.3 is 0 Å². The molecule has 7 nitrogen and oxygen atoms in total. The summed E-state index contributed by atoms with van der Waals surface area (Å²) in [7, 11) is -3.00. The number of anilines is 1. The van der Waals surface area contributed by atoms with Gasteiger partial charge in [-0.15, -0.1) is 0 Å². The summed E-state index contributed by atoms with van der Waals surface area (Å²) in [5, 5.41) is 2.75. The van der Waals surface area contributed by atoms with Gasteiger partial charge in [-0.3, -0.25) is 4.79 Å². The van der Waals surface area contributed by atoms with Crippen molar-refractivity contribution in [3.63, 3.8) is 0 Å². The largest absolute Gasteiger partial charge is 0.347 e. The number of hydrogen-bond donors (Lipinski definition) is 1. The van der Waals surface area contributed by atoms with E-state index < -0.39 is 9.84 Å². The van der Waals surface area contributed by atoms with Crippen LogP contribution in [-0.4, -0.2) is 54.9 Å². The number of carbonyl (C=O) groups is 1. The molecule has 1 N–H and O–H groups in total. The van der Waals surface area contributed by atoms with E-state index in [0.717, 1.165) is 25.9 Å². The molecule has 2 fully saturated rings. The molecule has 1 amide bonds. The maximum atomic E-state index is 12.2. The number of aromatic nitrogens is 2. The van der Waals surface area contributed by atoms with Crippen molar-refractivity contribution in [3.05, 3.63) is 18.0 Å². The van der Waals surface area contributed by atoms with Gasteiger partial charge in [-0.05, 0) is 31.7 Å². The zero-order valence-electron chi connectivity index (χ0n) is 12.4. The van der Waals surface area contributed by atoms with Crippen molar-refractivity contribution in [2.45, 2.75) is 31.7 Å². The van der Waals surface area contributed by atoms with Crippen molar-refractivity contribution in [1.82, 2.24) is 15.3 Å². The highest BCUT2D eigenvalue weighted by molar-refractivity contribution is 7.91. The number of nitrogens with one attached hydrogen (secondary N) is 1. The second-order valence-electron chi connectivity index (χ2n) is 5.86. The average molecular weight is 324 g/mol. The van der Waals surface area contributed by atoms with Gasteiger partial charge in [-0.1, -0.05) is 0 Å². The molecule has 22 heavy (non-hydrogen) atoms. The first-order valence-electron chi connectivity index (χ1n) is 7.63. The quantitative estimate of drug-likeness (QED) is 0.864. The minimum atomic E-state index is -3.00. The minimum Gasteiger partial charge on any atom is -0.347 e. The first kappa shape index (κ1) is 15.2. The van der Waals surface area contributed by atoms with Crippen LogP contribution in [0.4, 0.5) is 5.95 Å². The zero-order valence-corrected chi connectivity index (χ0v) is 13.2. The highest BCUT2D eigenvalue weighted by atomic mass is 32.2. The fraction of sp³-hybridized carbons (Fsp3) is 0.643. The molecule has 2 aliphatic heterocycles. The Kier molecular flexibility index (Phi) is 4.28. The molecule has 3 rings (SSSR count). The third kappa shape index (κ3) is 3.55. The number of piperidine rings is 1. The Balaban J connectivity index is 1.67. The third-order valence-corrected chi connectivity index (χ3v) is 5.85. The molecule has 1 aromatic heterocycles. The lowest BCUT2D eigenvalue weighted by Gasteiger charge is -2.26. The molecule has 1 aromatic rings. The molecule has 2 saturated heterocycles. The molecule has 2 aliphatic rings. The summed E-state index contributed by atoms with van der Waals surface area (Å²) >= 11 is 0. The number of amides is 1. The Morgan fingerprint density at radius 3 is 2.73 bits per heavy atom. The van der Waals surface area contributed by atoms with Crippen LogP contribution in [0.15, 0.2) is 12.3 Å². The number of sulfone groups is 1. The minimum absolute atomic E-state index is 0.0167. The summed E-state index contributed by atoms with van der Waals surface area (Å²) in [5.41, 5.74) is 0.292. The SMILES string of the molecule is O=C(NC1CCS(=O)(=O)C1)c1ccnc(N2CCCCC2)n1. The van der Waals surface area contributed by atoms with Crippen molar-refractivity contribution in [3.8, 4) is 0 Å². The Hall–Kier alpha value is -1.70. The summed E-state index contributed by atoms with van der Waals surface area (Å²) in [5.74, 6) is 0.401. The van der Waals surface area contributed by atoms with Gasteiger partial charge < -0.3 is 10.2 Å². The Morgan fingerprint density at radius 2 is 2.05 bits per heavy atom. The van der Waals surface area contributed by atoms with E-state index in [4.69, 9.17) is 0 Å². The first-order valence-corrected chi connectivity index (χ1v) is 9.45. The Morgan fingerprint density at radius 1 is 1.27 bits per heavy atom. The van der Waals surface area contributed by atoms with Crippen molar-refractivity contribution in [2.75, 3.05) is 29.5 Å². The van der Waals surface area contributed by atoms with E-state index >= 15 is 0 Å². The lowest BCUT2D eigenvalue weighted by Crippen LogP contribution is -2.37. The zero-order chi connectivity index (χ0) is 15.6. The van der Waals surface area contributed by atoms with E-state index in [2.05, 4.69) is 20.2 Å². The molecule has 120 valence electrons. The van der Waals surface area contributed by atoms with E-state index in [9.17, 15) is 13.2 Å². The molecule has 0 bridgehead atoms. The van der Waals surface area contributed by atoms with Crippen LogP contribution >= 0.6 is 0 Å². The average Bonchev–Trinajstić information content (AvgIpc) is 2.87. The maximum absolute atomic E-state index is 12.2. The molecule has 3 heterocycles. The second kappa shape index (κ2) is 6.20. The van der Waals surface area contributed by atoms with Gasteiger partial charge in [0.05, 0.1) is 11.5 Å². The lowest BCUT2D eigenvalue weighted by molar-refractivity contribution is 0.0936. The Labute approximate surface area is 130 Å². The van der Waals surface area contributed by atoms with Crippen molar-refractivity contribution >= 4 is 21.7 Å². The van der Waals surface area contributed by atoms with E-state index in [1.54, 1.807) is 12.3 Å². The monoisotopic (exact) mass is 324 g/mol. The summed E-state index contributed by atoms with van der Waals surface area (Å²) in [6.07, 6.45) is 5.49. The smallest absolute Gasteiger partial charge is 0.270 e. The van der Waals surface area contributed by atoms with Crippen LogP contribution in [0, 0.1) is 0 Å². The van der Waals surface area contributed by atoms with Crippen LogP contribution in [0.2, 0.25) is 0 Å². The molecule has 1 atom stereocenters. The van der Waals surface area contributed by atoms with Crippen molar-refractivity contribution in [1.29, 1.82) is 0 Å². The van der Waals surface area contributed by atoms with E-state index in [1.165, 1.54) is 6.42 Å². The van der Waals surface area contributed by atoms with E-state index in [1.807, 2.05) is 0 Å². The Bertz CT molecular complexity index is 656. The van der Waals surface area contributed by atoms with Crippen LogP contribution in [0.3, 0.4) is 0 Å². The van der Waals surface area contributed by atoms with E-state index in [-0.39, 0.29) is 23.5 Å². The van der Waals surface area contributed by atoms with Crippen LogP contribution in [0.25, 0.3) is 0 Å². The van der Waals surface area contributed by atoms with Crippen molar-refractivity contribution in [2.24, 2.45) is 0 Å². The predicted octanol–water partition coefficient (Wildman–Crippen LogP) is 0.384. The summed E-state index contributed by atoms with van der Waals surface area (Å²) < 4.78 is 22.9. The highest BCUT2D eigenvalue weighted by Crippen LogP contribution is 2.16. The van der Waals surface area contributed by atoms with Gasteiger partial charge in [-0.2, -0.15) is 0 Å². The fourth-order valence-corrected chi connectivity index (χ4v) is 4.56. The van der Waals surface area contributed by atoms with Gasteiger partial charge in [0.25, 0.3) is 5.91 Å². The van der Waals surface area contributed by atoms with Crippen LogP contribution in [0.1, 0.15) is 36.2 Å². The summed E-state index contributed by atoms with van der Waals surface area (Å²) in [4.78, 5) is 22.9. The maximum Gasteiger partial charge on any atom is 0.270 e. The molecule has 1 unspecified atom stereocenters. The van der Waals surface area contributed by atoms with Gasteiger partial charge in [-0.25, -0.2) is 18.4 Å². The van der Waals surface area contributed by atoms with Crippen LogP contribution < -0.4 is 10.2 Å². The third-order valence-electron chi connectivity index (χ3n) is 4.08. The molecule has 0 spiro atoms. The van der Waals surface area contributed by atoms with Gasteiger partial charge in [0.15, 0.2) is 9.84 Å². The van der Waals surface area contributed by atoms with Crippen molar-refractivity contribution < 1.29 is 13.2 Å². The number of carbonyl (C=O) groups excluding carboxylic acids is 1. The highest BCUT2D eigenvalue weighted by Gasteiger charge is 2.29. The molecular weight excluding hydrogens is 304 g/mol. The normalized spacial score (nSPS) is 24.2. The first-order chi connectivity index (χ1) is 10.5. The summed E-state index contributed by atoms with van der Waals surface area (Å²) in [6.45, 7) is 1.82. The molecule has 0 saturated carbocycles. The van der Waals surface area contributed by atoms with Crippen LogP contribution in [0.5, 0.6) is 0 Å². The van der Waals surface area contributed by atoms with E-state index in [0.29, 0.717) is 18.1 Å². The van der Waals surface area contributed by atoms with Crippen LogP contribution in [-0.2, 0) is 9.84 Å². The molecule has 0 radical (unpaired) electrons. The molecular formula is C14H20N4O3S. The lowest BCUT2D eigenvalue weighted by atomic mass is 10.1.